The topological polar surface area (TPSA) is 178 Å². The molecule has 0 aromatic rings. The molecule has 1 fully saturated rings. The Kier molecular flexibility index (Phi) is 42.4. The molecule has 388 valence electrons. The number of carbonyl (C=O) groups is 1. The molecule has 6 unspecified atom stereocenters. The summed E-state index contributed by atoms with van der Waals surface area (Å²) in [7, 11) is -5.06. The van der Waals surface area contributed by atoms with Gasteiger partial charge in [0.25, 0.3) is 0 Å². The first kappa shape index (κ1) is 62.1. The van der Waals surface area contributed by atoms with Gasteiger partial charge in [-0.2, -0.15) is 8.42 Å². The molecule has 0 spiro atoms. The van der Waals surface area contributed by atoms with Crippen LogP contribution in [-0.2, 0) is 38.3 Å². The normalized spacial score (nSPS) is 19.5. The predicted molar refractivity (Wildman–Crippen MR) is 262 cm³/mol. The molecular formula is C52H102O12S. The molecule has 0 saturated carbocycles. The summed E-state index contributed by atoms with van der Waals surface area (Å²) in [6.07, 6.45) is 40.0. The first-order valence-electron chi connectivity index (χ1n) is 27.3. The van der Waals surface area contributed by atoms with Crippen molar-refractivity contribution in [3.63, 3.8) is 0 Å². The van der Waals surface area contributed by atoms with E-state index in [4.69, 9.17) is 18.9 Å². The van der Waals surface area contributed by atoms with Crippen molar-refractivity contribution in [3.8, 4) is 0 Å². The van der Waals surface area contributed by atoms with Crippen molar-refractivity contribution >= 4 is 16.4 Å². The lowest BCUT2D eigenvalue weighted by atomic mass is 9.99. The first-order chi connectivity index (χ1) is 31.6. The number of hydrogen-bond donors (Lipinski definition) is 4. The molecule has 1 heterocycles. The Labute approximate surface area is 398 Å². The van der Waals surface area contributed by atoms with Crippen LogP contribution in [0.5, 0.6) is 0 Å². The van der Waals surface area contributed by atoms with Gasteiger partial charge in [-0.1, -0.05) is 245 Å². The van der Waals surface area contributed by atoms with Crippen molar-refractivity contribution in [1.82, 2.24) is 0 Å². The summed E-state index contributed by atoms with van der Waals surface area (Å²) < 4.78 is 59.3. The van der Waals surface area contributed by atoms with Gasteiger partial charge in [-0.3, -0.25) is 9.35 Å². The fraction of sp³-hybridized carbons (Fsp3) is 0.981. The molecular weight excluding hydrogens is 849 g/mol. The molecule has 4 N–H and O–H groups in total. The molecule has 0 aromatic heterocycles. The maximum atomic E-state index is 12.9. The van der Waals surface area contributed by atoms with E-state index < -0.39 is 59.8 Å². The van der Waals surface area contributed by atoms with Crippen molar-refractivity contribution in [2.24, 2.45) is 0 Å². The van der Waals surface area contributed by atoms with Gasteiger partial charge >= 0.3 is 16.4 Å². The highest BCUT2D eigenvalue weighted by molar-refractivity contribution is 7.80. The second-order valence-corrected chi connectivity index (χ2v) is 20.2. The van der Waals surface area contributed by atoms with E-state index in [-0.39, 0.29) is 19.6 Å². The first-order valence-corrected chi connectivity index (χ1v) is 28.7. The lowest BCUT2D eigenvalue weighted by molar-refractivity contribution is -0.301. The van der Waals surface area contributed by atoms with E-state index in [1.165, 1.54) is 199 Å². The largest absolute Gasteiger partial charge is 0.457 e. The Morgan fingerprint density at radius 2 is 0.877 bits per heavy atom. The fourth-order valence-electron chi connectivity index (χ4n) is 8.85. The SMILES string of the molecule is CCCCCCCCCCCCCCCCCCCCCCCCOCC(COC1OC(CO)C(O)C(OS(=O)(=O)O)C1O)OC(=O)CCCCCCCCCCCCCCCCCC. The zero-order valence-electron chi connectivity index (χ0n) is 41.8. The van der Waals surface area contributed by atoms with E-state index in [0.717, 1.165) is 38.5 Å². The molecule has 65 heavy (non-hydrogen) atoms. The van der Waals surface area contributed by atoms with E-state index in [0.29, 0.717) is 13.0 Å². The van der Waals surface area contributed by atoms with E-state index in [2.05, 4.69) is 18.0 Å². The second kappa shape index (κ2) is 44.3. The lowest BCUT2D eigenvalue weighted by Gasteiger charge is -2.41. The van der Waals surface area contributed by atoms with E-state index >= 15 is 0 Å². The van der Waals surface area contributed by atoms with Crippen molar-refractivity contribution in [1.29, 1.82) is 0 Å². The number of aliphatic hydroxyl groups excluding tert-OH is 3. The van der Waals surface area contributed by atoms with Gasteiger partial charge in [-0.15, -0.1) is 0 Å². The molecule has 0 radical (unpaired) electrons. The summed E-state index contributed by atoms with van der Waals surface area (Å²) in [6.45, 7) is 4.06. The molecule has 1 aliphatic heterocycles. The monoisotopic (exact) mass is 951 g/mol. The van der Waals surface area contributed by atoms with Gasteiger partial charge in [0.05, 0.1) is 19.8 Å². The Bertz CT molecular complexity index is 1140. The van der Waals surface area contributed by atoms with Crippen LogP contribution >= 0.6 is 0 Å². The molecule has 0 aliphatic carbocycles. The molecule has 0 amide bonds. The number of unbranched alkanes of at least 4 members (excludes halogenated alkanes) is 36. The van der Waals surface area contributed by atoms with Gasteiger partial charge in [0, 0.05) is 13.0 Å². The molecule has 0 bridgehead atoms. The third-order valence-corrected chi connectivity index (χ3v) is 13.4. The summed E-state index contributed by atoms with van der Waals surface area (Å²) >= 11 is 0. The van der Waals surface area contributed by atoms with Crippen LogP contribution in [0.15, 0.2) is 0 Å². The maximum Gasteiger partial charge on any atom is 0.397 e. The third-order valence-electron chi connectivity index (χ3n) is 13.0. The van der Waals surface area contributed by atoms with E-state index in [1.807, 2.05) is 0 Å². The predicted octanol–water partition coefficient (Wildman–Crippen LogP) is 12.8. The highest BCUT2D eigenvalue weighted by Gasteiger charge is 2.48. The number of esters is 1. The van der Waals surface area contributed by atoms with E-state index in [1.54, 1.807) is 0 Å². The van der Waals surface area contributed by atoms with Crippen LogP contribution in [0.1, 0.15) is 264 Å². The number of carbonyl (C=O) groups excluding carboxylic acids is 1. The van der Waals surface area contributed by atoms with Crippen molar-refractivity contribution in [2.75, 3.05) is 26.4 Å². The highest BCUT2D eigenvalue weighted by Crippen LogP contribution is 2.26. The minimum absolute atomic E-state index is 0.0454. The zero-order valence-corrected chi connectivity index (χ0v) is 42.6. The molecule has 1 saturated heterocycles. The Morgan fingerprint density at radius 1 is 0.523 bits per heavy atom. The van der Waals surface area contributed by atoms with Crippen molar-refractivity contribution < 1.29 is 56.2 Å². The molecule has 0 aromatic carbocycles. The number of ether oxygens (including phenoxy) is 4. The smallest absolute Gasteiger partial charge is 0.397 e. The molecule has 12 nitrogen and oxygen atoms in total. The highest BCUT2D eigenvalue weighted by atomic mass is 32.3. The number of rotatable bonds is 49. The van der Waals surface area contributed by atoms with Gasteiger partial charge in [0.1, 0.15) is 30.5 Å². The summed E-state index contributed by atoms with van der Waals surface area (Å²) in [5.41, 5.74) is 0. The molecule has 1 rings (SSSR count). The number of aliphatic hydroxyl groups is 3. The maximum absolute atomic E-state index is 12.9. The summed E-state index contributed by atoms with van der Waals surface area (Å²) in [5.74, 6) is -0.390. The van der Waals surface area contributed by atoms with Gasteiger partial charge in [0.15, 0.2) is 6.29 Å². The Balaban J connectivity index is 2.30. The third kappa shape index (κ3) is 37.6. The minimum Gasteiger partial charge on any atom is -0.457 e. The van der Waals surface area contributed by atoms with Gasteiger partial charge in [-0.25, -0.2) is 4.18 Å². The average molecular weight is 951 g/mol. The fourth-order valence-corrected chi connectivity index (χ4v) is 9.36. The van der Waals surface area contributed by atoms with Crippen LogP contribution in [0.4, 0.5) is 0 Å². The Hall–Kier alpha value is -0.900. The van der Waals surface area contributed by atoms with Crippen LogP contribution in [0.2, 0.25) is 0 Å². The summed E-state index contributed by atoms with van der Waals surface area (Å²) in [6, 6.07) is 0. The van der Waals surface area contributed by atoms with Crippen molar-refractivity contribution in [3.05, 3.63) is 0 Å². The number of hydrogen-bond acceptors (Lipinski definition) is 11. The van der Waals surface area contributed by atoms with Crippen LogP contribution in [-0.4, -0.2) is 97.5 Å². The lowest BCUT2D eigenvalue weighted by Crippen LogP contribution is -2.60. The summed E-state index contributed by atoms with van der Waals surface area (Å²) in [4.78, 5) is 12.9. The van der Waals surface area contributed by atoms with Crippen LogP contribution in [0.3, 0.4) is 0 Å². The zero-order chi connectivity index (χ0) is 47.5. The molecule has 13 heteroatoms. The Morgan fingerprint density at radius 3 is 1.23 bits per heavy atom. The molecule has 6 atom stereocenters. The van der Waals surface area contributed by atoms with Gasteiger partial charge in [0.2, 0.25) is 0 Å². The standard InChI is InChI=1S/C52H102O12S/c1-3-5-7-9-11-13-15-17-19-21-22-23-24-25-26-28-30-32-34-36-38-40-42-60-44-46(45-61-52-50(56)51(64-65(57,58)59)49(55)47(43-53)63-52)62-48(54)41-39-37-35-33-31-29-27-20-18-16-14-12-10-8-6-4-2/h46-47,49-53,55-56H,3-45H2,1-2H3,(H,57,58,59). The molecule has 1 aliphatic rings. The quantitative estimate of drug-likeness (QED) is 0.0258. The van der Waals surface area contributed by atoms with Crippen LogP contribution < -0.4 is 0 Å². The average Bonchev–Trinajstić information content (AvgIpc) is 3.28. The van der Waals surface area contributed by atoms with Gasteiger partial charge in [-0.05, 0) is 12.8 Å². The van der Waals surface area contributed by atoms with Crippen molar-refractivity contribution in [2.45, 2.75) is 301 Å². The van der Waals surface area contributed by atoms with Gasteiger partial charge < -0.3 is 34.3 Å². The summed E-state index contributed by atoms with van der Waals surface area (Å²) in [5, 5.41) is 30.8. The minimum atomic E-state index is -5.06. The second-order valence-electron chi connectivity index (χ2n) is 19.2. The van der Waals surface area contributed by atoms with E-state index in [9.17, 15) is 33.1 Å². The van der Waals surface area contributed by atoms with Crippen LogP contribution in [0, 0.1) is 0 Å². The van der Waals surface area contributed by atoms with Crippen LogP contribution in [0.25, 0.3) is 0 Å².